The number of halogens is 2. The number of nitrogens with one attached hydrogen (secondary N) is 1. The molecule has 17 heavy (non-hydrogen) atoms. The van der Waals surface area contributed by atoms with Crippen molar-refractivity contribution < 1.29 is 4.79 Å². The summed E-state index contributed by atoms with van der Waals surface area (Å²) in [5.74, 6) is -0.0920. The van der Waals surface area contributed by atoms with Gasteiger partial charge in [-0.25, -0.2) is 4.98 Å². The number of aromatic nitrogens is 1. The Hall–Kier alpha value is -0.470. The van der Waals surface area contributed by atoms with Gasteiger partial charge in [-0.15, -0.1) is 11.3 Å². The molecule has 0 aliphatic heterocycles. The third-order valence-corrected chi connectivity index (χ3v) is 4.20. The Morgan fingerprint density at radius 2 is 2.35 bits per heavy atom. The monoisotopic (exact) mass is 422 g/mol. The van der Waals surface area contributed by atoms with E-state index in [1.807, 2.05) is 23.6 Å². The summed E-state index contributed by atoms with van der Waals surface area (Å²) in [4.78, 5) is 16.1. The molecule has 88 valence electrons. The lowest BCUT2D eigenvalue weighted by Crippen LogP contribution is -2.23. The Bertz CT molecular complexity index is 530. The molecule has 0 saturated carbocycles. The lowest BCUT2D eigenvalue weighted by molar-refractivity contribution is 0.0950. The molecule has 1 aromatic carbocycles. The van der Waals surface area contributed by atoms with E-state index >= 15 is 0 Å². The second-order valence-electron chi connectivity index (χ2n) is 3.23. The molecule has 2 rings (SSSR count). The van der Waals surface area contributed by atoms with Gasteiger partial charge in [0.1, 0.15) is 5.01 Å². The van der Waals surface area contributed by atoms with Gasteiger partial charge in [-0.05, 0) is 56.7 Å². The highest BCUT2D eigenvalue weighted by Crippen LogP contribution is 2.19. The number of carbonyl (C=O) groups is 1. The van der Waals surface area contributed by atoms with Gasteiger partial charge in [0.2, 0.25) is 0 Å². The van der Waals surface area contributed by atoms with Gasteiger partial charge in [0.25, 0.3) is 5.91 Å². The van der Waals surface area contributed by atoms with Crippen molar-refractivity contribution in [2.75, 3.05) is 0 Å². The van der Waals surface area contributed by atoms with Crippen LogP contribution < -0.4 is 5.32 Å². The molecular weight excluding hydrogens is 415 g/mol. The largest absolute Gasteiger partial charge is 0.345 e. The fourth-order valence-corrected chi connectivity index (χ4v) is 2.74. The first-order valence-corrected chi connectivity index (χ1v) is 7.53. The molecule has 0 spiro atoms. The van der Waals surface area contributed by atoms with Crippen LogP contribution >= 0.6 is 49.9 Å². The summed E-state index contributed by atoms with van der Waals surface area (Å²) < 4.78 is 1.83. The van der Waals surface area contributed by atoms with Crippen LogP contribution in [0, 0.1) is 3.57 Å². The topological polar surface area (TPSA) is 42.0 Å². The van der Waals surface area contributed by atoms with Crippen molar-refractivity contribution in [1.29, 1.82) is 0 Å². The van der Waals surface area contributed by atoms with Crippen LogP contribution in [0.3, 0.4) is 0 Å². The average Bonchev–Trinajstić information content (AvgIpc) is 2.82. The predicted molar refractivity (Wildman–Crippen MR) is 80.1 cm³/mol. The number of rotatable bonds is 3. The molecular formula is C11H8BrIN2OS. The third-order valence-electron chi connectivity index (χ3n) is 2.06. The average molecular weight is 423 g/mol. The van der Waals surface area contributed by atoms with Crippen molar-refractivity contribution in [3.8, 4) is 0 Å². The van der Waals surface area contributed by atoms with E-state index < -0.39 is 0 Å². The molecule has 1 heterocycles. The number of hydrogen-bond acceptors (Lipinski definition) is 3. The van der Waals surface area contributed by atoms with Crippen molar-refractivity contribution >= 4 is 55.8 Å². The van der Waals surface area contributed by atoms with Crippen molar-refractivity contribution in [2.45, 2.75) is 6.54 Å². The highest BCUT2D eigenvalue weighted by atomic mass is 127. The van der Waals surface area contributed by atoms with E-state index in [-0.39, 0.29) is 5.91 Å². The summed E-state index contributed by atoms with van der Waals surface area (Å²) in [7, 11) is 0. The molecule has 0 atom stereocenters. The van der Waals surface area contributed by atoms with Gasteiger partial charge in [-0.3, -0.25) is 4.79 Å². The number of carbonyl (C=O) groups excluding carboxylic acids is 1. The van der Waals surface area contributed by atoms with Crippen LogP contribution in [0.4, 0.5) is 0 Å². The summed E-state index contributed by atoms with van der Waals surface area (Å²) in [5, 5.41) is 5.64. The molecule has 0 unspecified atom stereocenters. The molecule has 1 N–H and O–H groups in total. The number of amides is 1. The first-order valence-electron chi connectivity index (χ1n) is 4.78. The van der Waals surface area contributed by atoms with E-state index in [4.69, 9.17) is 0 Å². The minimum atomic E-state index is -0.0920. The van der Waals surface area contributed by atoms with Gasteiger partial charge in [0.15, 0.2) is 0 Å². The van der Waals surface area contributed by atoms with E-state index in [2.05, 4.69) is 48.8 Å². The van der Waals surface area contributed by atoms with E-state index in [0.717, 1.165) is 13.1 Å². The van der Waals surface area contributed by atoms with E-state index in [9.17, 15) is 4.79 Å². The SMILES string of the molecule is O=C(NCc1nccs1)c1cc(I)ccc1Br. The predicted octanol–water partition coefficient (Wildman–Crippen LogP) is 3.44. The fourth-order valence-electron chi connectivity index (χ4n) is 1.26. The molecule has 0 radical (unpaired) electrons. The van der Waals surface area contributed by atoms with Crippen LogP contribution in [0.2, 0.25) is 0 Å². The second-order valence-corrected chi connectivity index (χ2v) is 6.31. The van der Waals surface area contributed by atoms with Crippen LogP contribution in [0.25, 0.3) is 0 Å². The first-order chi connectivity index (χ1) is 8.16. The minimum Gasteiger partial charge on any atom is -0.345 e. The maximum absolute atomic E-state index is 11.9. The third kappa shape index (κ3) is 3.49. The lowest BCUT2D eigenvalue weighted by atomic mass is 10.2. The summed E-state index contributed by atoms with van der Waals surface area (Å²) in [6.07, 6.45) is 1.73. The molecule has 6 heteroatoms. The van der Waals surface area contributed by atoms with Crippen molar-refractivity contribution in [3.05, 3.63) is 48.4 Å². The summed E-state index contributed by atoms with van der Waals surface area (Å²) in [6.45, 7) is 0.467. The Morgan fingerprint density at radius 1 is 1.53 bits per heavy atom. The van der Waals surface area contributed by atoms with Gasteiger partial charge in [0, 0.05) is 19.6 Å². The van der Waals surface area contributed by atoms with E-state index in [0.29, 0.717) is 12.1 Å². The molecule has 2 aromatic rings. The molecule has 3 nitrogen and oxygen atoms in total. The Labute approximate surface area is 125 Å². The van der Waals surface area contributed by atoms with Crippen LogP contribution in [-0.2, 0) is 6.54 Å². The molecule has 0 aliphatic carbocycles. The molecule has 0 fully saturated rings. The number of thiazole rings is 1. The van der Waals surface area contributed by atoms with Crippen LogP contribution in [0.5, 0.6) is 0 Å². The van der Waals surface area contributed by atoms with Gasteiger partial charge < -0.3 is 5.32 Å². The Morgan fingerprint density at radius 3 is 3.06 bits per heavy atom. The molecule has 0 aliphatic rings. The van der Waals surface area contributed by atoms with Gasteiger partial charge in [0.05, 0.1) is 12.1 Å². The zero-order valence-corrected chi connectivity index (χ0v) is 13.2. The van der Waals surface area contributed by atoms with Crippen LogP contribution in [-0.4, -0.2) is 10.9 Å². The maximum atomic E-state index is 11.9. The maximum Gasteiger partial charge on any atom is 0.252 e. The zero-order valence-electron chi connectivity index (χ0n) is 8.61. The number of hydrogen-bond donors (Lipinski definition) is 1. The lowest BCUT2D eigenvalue weighted by Gasteiger charge is -2.05. The van der Waals surface area contributed by atoms with Gasteiger partial charge in [-0.1, -0.05) is 0 Å². The molecule has 0 saturated heterocycles. The van der Waals surface area contributed by atoms with Gasteiger partial charge >= 0.3 is 0 Å². The Kier molecular flexibility index (Phi) is 4.52. The number of nitrogens with zero attached hydrogens (tertiary/aromatic N) is 1. The van der Waals surface area contributed by atoms with E-state index in [1.54, 1.807) is 6.20 Å². The normalized spacial score (nSPS) is 10.2. The molecule has 1 aromatic heterocycles. The summed E-state index contributed by atoms with van der Waals surface area (Å²) in [6, 6.07) is 5.67. The van der Waals surface area contributed by atoms with Crippen molar-refractivity contribution in [2.24, 2.45) is 0 Å². The minimum absolute atomic E-state index is 0.0920. The molecule has 0 bridgehead atoms. The highest BCUT2D eigenvalue weighted by Gasteiger charge is 2.10. The van der Waals surface area contributed by atoms with Crippen molar-refractivity contribution in [1.82, 2.24) is 10.3 Å². The Balaban J connectivity index is 2.07. The summed E-state index contributed by atoms with van der Waals surface area (Å²) in [5.41, 5.74) is 0.647. The number of benzene rings is 1. The smallest absolute Gasteiger partial charge is 0.252 e. The van der Waals surface area contributed by atoms with Gasteiger partial charge in [-0.2, -0.15) is 0 Å². The fraction of sp³-hybridized carbons (Fsp3) is 0.0909. The summed E-state index contributed by atoms with van der Waals surface area (Å²) >= 11 is 7.08. The standard InChI is InChI=1S/C11H8BrIN2OS/c12-9-2-1-7(13)5-8(9)11(16)15-6-10-14-3-4-17-10/h1-5H,6H2,(H,15,16). The zero-order chi connectivity index (χ0) is 12.3. The van der Waals surface area contributed by atoms with Crippen molar-refractivity contribution in [3.63, 3.8) is 0 Å². The second kappa shape index (κ2) is 5.92. The van der Waals surface area contributed by atoms with Crippen LogP contribution in [0.15, 0.2) is 34.2 Å². The first kappa shape index (κ1) is 13.0. The van der Waals surface area contributed by atoms with Crippen LogP contribution in [0.1, 0.15) is 15.4 Å². The molecule has 1 amide bonds. The van der Waals surface area contributed by atoms with E-state index in [1.165, 1.54) is 11.3 Å². The quantitative estimate of drug-likeness (QED) is 0.770. The highest BCUT2D eigenvalue weighted by molar-refractivity contribution is 14.1.